The largest absolute Gasteiger partial charge is 0.357 e. The minimum atomic E-state index is 0.758. The second kappa shape index (κ2) is 8.64. The van der Waals surface area contributed by atoms with E-state index in [9.17, 15) is 0 Å². The van der Waals surface area contributed by atoms with Crippen LogP contribution in [0.4, 0.5) is 0 Å². The molecular weight excluding hydrogens is 291 g/mol. The van der Waals surface area contributed by atoms with Crippen molar-refractivity contribution in [1.29, 1.82) is 0 Å². The van der Waals surface area contributed by atoms with Crippen molar-refractivity contribution in [3.63, 3.8) is 0 Å². The number of rotatable bonds is 0. The number of hydrogen-bond acceptors (Lipinski definition) is 3. The maximum atomic E-state index is 2.97. The van der Waals surface area contributed by atoms with E-state index in [1.54, 1.807) is 0 Å². The molecule has 0 amide bonds. The van der Waals surface area contributed by atoms with Crippen LogP contribution >= 0.6 is 0 Å². The molecule has 0 aromatic rings. The number of hydrogen-bond donors (Lipinski definition) is 0. The molecule has 4 heterocycles. The highest BCUT2D eigenvalue weighted by molar-refractivity contribution is 6.86. The predicted octanol–water partition coefficient (Wildman–Crippen LogP) is 4.09. The third-order valence-electron chi connectivity index (χ3n) is 7.18. The SMILES string of the molecule is C1CCCN2B(CC1)N1CCCCCCB1N1CCCCCCB21. The molecule has 0 saturated carbocycles. The summed E-state index contributed by atoms with van der Waals surface area (Å²) in [4.78, 5) is 0. The molecule has 3 nitrogen and oxygen atoms in total. The lowest BCUT2D eigenvalue weighted by molar-refractivity contribution is 0.373. The first-order valence-electron chi connectivity index (χ1n) is 11.2. The van der Waals surface area contributed by atoms with Crippen LogP contribution in [0.1, 0.15) is 77.0 Å². The van der Waals surface area contributed by atoms with Gasteiger partial charge in [0.15, 0.2) is 0 Å². The summed E-state index contributed by atoms with van der Waals surface area (Å²) in [6.07, 6.45) is 21.7. The minimum absolute atomic E-state index is 0.758. The summed E-state index contributed by atoms with van der Waals surface area (Å²) in [5.41, 5.74) is 0. The molecular formula is C18H36B3N3. The molecule has 0 aliphatic carbocycles. The fourth-order valence-electron chi connectivity index (χ4n) is 5.98. The summed E-state index contributed by atoms with van der Waals surface area (Å²) in [5.74, 6) is 0. The summed E-state index contributed by atoms with van der Waals surface area (Å²) in [5, 5.41) is 0. The Balaban J connectivity index is 1.62. The van der Waals surface area contributed by atoms with Crippen LogP contribution < -0.4 is 0 Å². The molecule has 0 unspecified atom stereocenters. The molecule has 4 saturated heterocycles. The molecule has 4 rings (SSSR count). The summed E-state index contributed by atoms with van der Waals surface area (Å²) < 4.78 is 8.92. The van der Waals surface area contributed by atoms with E-state index in [4.69, 9.17) is 0 Å². The monoisotopic (exact) mass is 327 g/mol. The second-order valence-electron chi connectivity index (χ2n) is 8.76. The maximum Gasteiger partial charge on any atom is 0.290 e. The molecule has 4 fully saturated rings. The predicted molar refractivity (Wildman–Crippen MR) is 107 cm³/mol. The van der Waals surface area contributed by atoms with E-state index >= 15 is 0 Å². The Hall–Kier alpha value is 0.0748. The summed E-state index contributed by atoms with van der Waals surface area (Å²) in [7, 11) is 0. The summed E-state index contributed by atoms with van der Waals surface area (Å²) >= 11 is 0. The molecule has 0 spiro atoms. The van der Waals surface area contributed by atoms with E-state index in [1.165, 1.54) is 116 Å². The van der Waals surface area contributed by atoms with E-state index in [0.29, 0.717) is 0 Å². The van der Waals surface area contributed by atoms with Crippen LogP contribution in [0.15, 0.2) is 0 Å². The standard InChI is InChI=1S/C18H36B3N3/c1-4-10-16-22-19(13-7-1)23-17-11-5-2-9-15-21(23)24-18-12-6-3-8-14-20(22)24/h1-18H2. The van der Waals surface area contributed by atoms with Gasteiger partial charge in [-0.3, -0.25) is 0 Å². The smallest absolute Gasteiger partial charge is 0.290 e. The van der Waals surface area contributed by atoms with E-state index in [-0.39, 0.29) is 0 Å². The third-order valence-corrected chi connectivity index (χ3v) is 7.18. The van der Waals surface area contributed by atoms with Gasteiger partial charge < -0.3 is 14.2 Å². The first-order valence-corrected chi connectivity index (χ1v) is 11.2. The van der Waals surface area contributed by atoms with Crippen LogP contribution in [0.2, 0.25) is 19.0 Å². The Morgan fingerprint density at radius 2 is 0.625 bits per heavy atom. The van der Waals surface area contributed by atoms with Crippen LogP contribution in [0, 0.1) is 0 Å². The average Bonchev–Trinajstić information content (AvgIpc) is 2.50. The van der Waals surface area contributed by atoms with Gasteiger partial charge in [0.25, 0.3) is 20.9 Å². The fraction of sp³-hybridized carbons (Fsp3) is 1.00. The fourth-order valence-corrected chi connectivity index (χ4v) is 5.98. The number of fused-ring (bicyclic) bond motifs is 6. The quantitative estimate of drug-likeness (QED) is 0.621. The van der Waals surface area contributed by atoms with Gasteiger partial charge in [-0.25, -0.2) is 0 Å². The molecule has 6 heteroatoms. The van der Waals surface area contributed by atoms with Crippen molar-refractivity contribution in [1.82, 2.24) is 14.2 Å². The molecule has 24 heavy (non-hydrogen) atoms. The second-order valence-corrected chi connectivity index (χ2v) is 8.76. The lowest BCUT2D eigenvalue weighted by Crippen LogP contribution is -2.77. The van der Waals surface area contributed by atoms with Crippen molar-refractivity contribution >= 4 is 20.9 Å². The Morgan fingerprint density at radius 1 is 0.333 bits per heavy atom. The zero-order chi connectivity index (χ0) is 16.2. The Morgan fingerprint density at radius 3 is 0.958 bits per heavy atom. The normalized spacial score (nSPS) is 29.2. The van der Waals surface area contributed by atoms with Crippen LogP contribution in [-0.4, -0.2) is 54.7 Å². The van der Waals surface area contributed by atoms with Crippen molar-refractivity contribution in [3.8, 4) is 0 Å². The van der Waals surface area contributed by atoms with E-state index < -0.39 is 0 Å². The van der Waals surface area contributed by atoms with Crippen molar-refractivity contribution in [2.45, 2.75) is 96.0 Å². The van der Waals surface area contributed by atoms with Gasteiger partial charge in [-0.2, -0.15) is 0 Å². The molecule has 0 aromatic heterocycles. The van der Waals surface area contributed by atoms with E-state index in [0.717, 1.165) is 20.9 Å². The van der Waals surface area contributed by atoms with Crippen molar-refractivity contribution in [2.75, 3.05) is 19.6 Å². The average molecular weight is 327 g/mol. The van der Waals surface area contributed by atoms with E-state index in [1.807, 2.05) is 0 Å². The highest BCUT2D eigenvalue weighted by Gasteiger charge is 2.51. The van der Waals surface area contributed by atoms with Gasteiger partial charge in [0.1, 0.15) is 0 Å². The van der Waals surface area contributed by atoms with Gasteiger partial charge in [-0.1, -0.05) is 57.8 Å². The Kier molecular flexibility index (Phi) is 6.30. The van der Waals surface area contributed by atoms with Gasteiger partial charge in [-0.15, -0.1) is 0 Å². The topological polar surface area (TPSA) is 9.72 Å². The molecule has 0 radical (unpaired) electrons. The lowest BCUT2D eigenvalue weighted by atomic mass is 9.38. The summed E-state index contributed by atoms with van der Waals surface area (Å²) in [6, 6.07) is 0. The lowest BCUT2D eigenvalue weighted by Gasteiger charge is -2.56. The van der Waals surface area contributed by atoms with Crippen molar-refractivity contribution < 1.29 is 0 Å². The van der Waals surface area contributed by atoms with Crippen LogP contribution in [0.3, 0.4) is 0 Å². The molecule has 0 aromatic carbocycles. The third kappa shape index (κ3) is 3.76. The van der Waals surface area contributed by atoms with Crippen molar-refractivity contribution in [3.05, 3.63) is 0 Å². The van der Waals surface area contributed by atoms with Crippen LogP contribution in [0.5, 0.6) is 0 Å². The molecule has 4 aliphatic heterocycles. The zero-order valence-corrected chi connectivity index (χ0v) is 15.8. The molecule has 132 valence electrons. The minimum Gasteiger partial charge on any atom is -0.357 e. The first kappa shape index (κ1) is 17.5. The van der Waals surface area contributed by atoms with Gasteiger partial charge in [0.05, 0.1) is 0 Å². The van der Waals surface area contributed by atoms with Gasteiger partial charge in [0, 0.05) is 0 Å². The highest BCUT2D eigenvalue weighted by Crippen LogP contribution is 2.33. The zero-order valence-electron chi connectivity index (χ0n) is 15.8. The van der Waals surface area contributed by atoms with Crippen LogP contribution in [0.25, 0.3) is 0 Å². The Bertz CT molecular complexity index is 293. The van der Waals surface area contributed by atoms with Crippen LogP contribution in [-0.2, 0) is 0 Å². The van der Waals surface area contributed by atoms with Crippen molar-refractivity contribution in [2.24, 2.45) is 0 Å². The highest BCUT2D eigenvalue weighted by atomic mass is 15.3. The Labute approximate surface area is 151 Å². The van der Waals surface area contributed by atoms with Gasteiger partial charge in [-0.05, 0) is 57.9 Å². The first-order chi connectivity index (χ1) is 11.9. The number of nitrogens with zero attached hydrogens (tertiary/aromatic N) is 3. The molecule has 0 N–H and O–H groups in total. The van der Waals surface area contributed by atoms with E-state index in [2.05, 4.69) is 14.2 Å². The summed E-state index contributed by atoms with van der Waals surface area (Å²) in [6.45, 7) is 6.34. The molecule has 0 bridgehead atoms. The maximum absolute atomic E-state index is 2.97. The van der Waals surface area contributed by atoms with Gasteiger partial charge >= 0.3 is 0 Å². The molecule has 0 atom stereocenters. The van der Waals surface area contributed by atoms with Gasteiger partial charge in [0.2, 0.25) is 0 Å². The molecule has 4 aliphatic rings.